The molecular weight excluding hydrogens is 314 g/mol. The summed E-state index contributed by atoms with van der Waals surface area (Å²) in [5.41, 5.74) is 1.81. The summed E-state index contributed by atoms with van der Waals surface area (Å²) in [4.78, 5) is 16.4. The molecule has 0 aliphatic carbocycles. The fourth-order valence-electron chi connectivity index (χ4n) is 2.49. The van der Waals surface area contributed by atoms with Gasteiger partial charge in [0, 0.05) is 11.6 Å². The Morgan fingerprint density at radius 2 is 1.68 bits per heavy atom. The van der Waals surface area contributed by atoms with Crippen molar-refractivity contribution in [2.45, 2.75) is 46.6 Å². The lowest BCUT2D eigenvalue weighted by Gasteiger charge is -2.13. The van der Waals surface area contributed by atoms with E-state index in [1.165, 1.54) is 0 Å². The maximum absolute atomic E-state index is 12.1. The second-order valence-corrected chi connectivity index (χ2v) is 6.25. The molecule has 134 valence electrons. The van der Waals surface area contributed by atoms with E-state index in [0.717, 1.165) is 30.0 Å². The SMILES string of the molecule is CCC(CC)C(=O)Nc1ccc(Nc2ccc(OC(C)C)cc2)cn1. The van der Waals surface area contributed by atoms with Crippen molar-refractivity contribution in [2.24, 2.45) is 5.92 Å². The zero-order chi connectivity index (χ0) is 18.2. The molecule has 2 rings (SSSR count). The van der Waals surface area contributed by atoms with Crippen LogP contribution >= 0.6 is 0 Å². The maximum Gasteiger partial charge on any atom is 0.228 e. The zero-order valence-corrected chi connectivity index (χ0v) is 15.4. The lowest BCUT2D eigenvalue weighted by molar-refractivity contribution is -0.120. The Morgan fingerprint density at radius 3 is 2.20 bits per heavy atom. The summed E-state index contributed by atoms with van der Waals surface area (Å²) in [6.45, 7) is 8.04. The topological polar surface area (TPSA) is 63.2 Å². The van der Waals surface area contributed by atoms with Gasteiger partial charge in [-0.25, -0.2) is 4.98 Å². The highest BCUT2D eigenvalue weighted by atomic mass is 16.5. The Labute approximate surface area is 149 Å². The molecule has 2 aromatic rings. The molecule has 0 fully saturated rings. The lowest BCUT2D eigenvalue weighted by Crippen LogP contribution is -2.22. The smallest absolute Gasteiger partial charge is 0.228 e. The number of nitrogens with zero attached hydrogens (tertiary/aromatic N) is 1. The van der Waals surface area contributed by atoms with Crippen molar-refractivity contribution in [2.75, 3.05) is 10.6 Å². The number of rotatable bonds is 8. The average Bonchev–Trinajstić information content (AvgIpc) is 2.59. The maximum atomic E-state index is 12.1. The number of pyridine rings is 1. The first-order valence-corrected chi connectivity index (χ1v) is 8.82. The highest BCUT2D eigenvalue weighted by Crippen LogP contribution is 2.21. The molecule has 0 saturated heterocycles. The largest absolute Gasteiger partial charge is 0.491 e. The van der Waals surface area contributed by atoms with Crippen LogP contribution in [0.15, 0.2) is 42.6 Å². The minimum Gasteiger partial charge on any atom is -0.491 e. The summed E-state index contributed by atoms with van der Waals surface area (Å²) in [5.74, 6) is 1.48. The third-order valence-corrected chi connectivity index (χ3v) is 3.89. The summed E-state index contributed by atoms with van der Waals surface area (Å²) in [7, 11) is 0. The van der Waals surface area contributed by atoms with Crippen molar-refractivity contribution in [3.05, 3.63) is 42.6 Å². The van der Waals surface area contributed by atoms with Gasteiger partial charge in [-0.3, -0.25) is 4.79 Å². The second kappa shape index (κ2) is 9.06. The molecule has 1 heterocycles. The van der Waals surface area contributed by atoms with E-state index >= 15 is 0 Å². The van der Waals surface area contributed by atoms with Gasteiger partial charge in [-0.2, -0.15) is 0 Å². The third-order valence-electron chi connectivity index (χ3n) is 3.89. The van der Waals surface area contributed by atoms with E-state index in [-0.39, 0.29) is 17.9 Å². The number of benzene rings is 1. The van der Waals surface area contributed by atoms with Crippen LogP contribution in [0, 0.1) is 5.92 Å². The van der Waals surface area contributed by atoms with E-state index in [0.29, 0.717) is 5.82 Å². The number of carbonyl (C=O) groups is 1. The molecule has 0 atom stereocenters. The quantitative estimate of drug-likeness (QED) is 0.710. The number of hydrogen-bond acceptors (Lipinski definition) is 4. The van der Waals surface area contributed by atoms with Gasteiger partial charge in [0.05, 0.1) is 18.0 Å². The van der Waals surface area contributed by atoms with Gasteiger partial charge in [0.1, 0.15) is 11.6 Å². The molecular formula is C20H27N3O2. The van der Waals surface area contributed by atoms with Crippen LogP contribution in [-0.2, 0) is 4.79 Å². The van der Waals surface area contributed by atoms with Gasteiger partial charge in [0.25, 0.3) is 0 Å². The number of anilines is 3. The number of ether oxygens (including phenoxy) is 1. The Morgan fingerprint density at radius 1 is 1.04 bits per heavy atom. The summed E-state index contributed by atoms with van der Waals surface area (Å²) >= 11 is 0. The molecule has 0 spiro atoms. The van der Waals surface area contributed by atoms with Crippen molar-refractivity contribution >= 4 is 23.1 Å². The number of nitrogens with one attached hydrogen (secondary N) is 2. The molecule has 0 bridgehead atoms. The first kappa shape index (κ1) is 18.8. The molecule has 0 radical (unpaired) electrons. The first-order chi connectivity index (χ1) is 12.0. The van der Waals surface area contributed by atoms with Gasteiger partial charge in [-0.1, -0.05) is 13.8 Å². The van der Waals surface area contributed by atoms with Gasteiger partial charge in [-0.05, 0) is 63.1 Å². The molecule has 5 nitrogen and oxygen atoms in total. The molecule has 25 heavy (non-hydrogen) atoms. The van der Waals surface area contributed by atoms with E-state index in [1.807, 2.05) is 58.0 Å². The van der Waals surface area contributed by atoms with Crippen LogP contribution in [0.3, 0.4) is 0 Å². The van der Waals surface area contributed by atoms with Crippen LogP contribution in [0.25, 0.3) is 0 Å². The van der Waals surface area contributed by atoms with Gasteiger partial charge in [-0.15, -0.1) is 0 Å². The predicted molar refractivity (Wildman–Crippen MR) is 102 cm³/mol. The molecule has 0 aliphatic heterocycles. The number of amides is 1. The standard InChI is InChI=1S/C20H27N3O2/c1-5-15(6-2)20(24)23-19-12-9-17(13-21-19)22-16-7-10-18(11-8-16)25-14(3)4/h7-15,22H,5-6H2,1-4H3,(H,21,23,24). The fraction of sp³-hybridized carbons (Fsp3) is 0.400. The fourth-order valence-corrected chi connectivity index (χ4v) is 2.49. The Hall–Kier alpha value is -2.56. The lowest BCUT2D eigenvalue weighted by atomic mass is 10.0. The monoisotopic (exact) mass is 341 g/mol. The molecule has 0 aliphatic rings. The molecule has 1 amide bonds. The van der Waals surface area contributed by atoms with E-state index in [1.54, 1.807) is 12.3 Å². The van der Waals surface area contributed by atoms with Crippen molar-refractivity contribution in [3.63, 3.8) is 0 Å². The van der Waals surface area contributed by atoms with Crippen LogP contribution < -0.4 is 15.4 Å². The van der Waals surface area contributed by atoms with Crippen LogP contribution in [-0.4, -0.2) is 17.0 Å². The zero-order valence-electron chi connectivity index (χ0n) is 15.4. The molecule has 1 aromatic carbocycles. The van der Waals surface area contributed by atoms with Crippen molar-refractivity contribution in [3.8, 4) is 5.75 Å². The van der Waals surface area contributed by atoms with Crippen LogP contribution in [0.2, 0.25) is 0 Å². The number of carbonyl (C=O) groups excluding carboxylic acids is 1. The average molecular weight is 341 g/mol. The summed E-state index contributed by atoms with van der Waals surface area (Å²) < 4.78 is 5.63. The molecule has 0 saturated carbocycles. The van der Waals surface area contributed by atoms with Crippen molar-refractivity contribution in [1.82, 2.24) is 4.98 Å². The molecule has 0 unspecified atom stereocenters. The highest BCUT2D eigenvalue weighted by molar-refractivity contribution is 5.91. The summed E-state index contributed by atoms with van der Waals surface area (Å²) in [5, 5.41) is 6.15. The molecule has 1 aromatic heterocycles. The van der Waals surface area contributed by atoms with Gasteiger partial charge < -0.3 is 15.4 Å². The Balaban J connectivity index is 1.95. The van der Waals surface area contributed by atoms with E-state index < -0.39 is 0 Å². The summed E-state index contributed by atoms with van der Waals surface area (Å²) in [6.07, 6.45) is 3.53. The van der Waals surface area contributed by atoms with Crippen LogP contribution in [0.5, 0.6) is 5.75 Å². The van der Waals surface area contributed by atoms with Crippen LogP contribution in [0.4, 0.5) is 17.2 Å². The Bertz CT molecular complexity index is 662. The van der Waals surface area contributed by atoms with E-state index in [4.69, 9.17) is 4.74 Å². The predicted octanol–water partition coefficient (Wildman–Crippen LogP) is 4.99. The first-order valence-electron chi connectivity index (χ1n) is 8.82. The van der Waals surface area contributed by atoms with E-state index in [2.05, 4.69) is 15.6 Å². The van der Waals surface area contributed by atoms with Crippen molar-refractivity contribution < 1.29 is 9.53 Å². The van der Waals surface area contributed by atoms with Gasteiger partial charge in [0.15, 0.2) is 0 Å². The van der Waals surface area contributed by atoms with Gasteiger partial charge in [0.2, 0.25) is 5.91 Å². The molecule has 5 heteroatoms. The third kappa shape index (κ3) is 5.78. The normalized spacial score (nSPS) is 10.8. The van der Waals surface area contributed by atoms with Crippen LogP contribution in [0.1, 0.15) is 40.5 Å². The van der Waals surface area contributed by atoms with E-state index in [9.17, 15) is 4.79 Å². The summed E-state index contributed by atoms with van der Waals surface area (Å²) in [6, 6.07) is 11.5. The minimum atomic E-state index is 0.0268. The number of hydrogen-bond donors (Lipinski definition) is 2. The van der Waals surface area contributed by atoms with Crippen molar-refractivity contribution in [1.29, 1.82) is 0 Å². The highest BCUT2D eigenvalue weighted by Gasteiger charge is 2.14. The van der Waals surface area contributed by atoms with Gasteiger partial charge >= 0.3 is 0 Å². The second-order valence-electron chi connectivity index (χ2n) is 6.25. The number of aromatic nitrogens is 1. The molecule has 2 N–H and O–H groups in total. The Kier molecular flexibility index (Phi) is 6.81. The minimum absolute atomic E-state index is 0.0268.